The Morgan fingerprint density at radius 3 is 2.84 bits per heavy atom. The van der Waals surface area contributed by atoms with E-state index in [2.05, 4.69) is 21.0 Å². The highest BCUT2D eigenvalue weighted by Crippen LogP contribution is 2.33. The number of anilines is 1. The van der Waals surface area contributed by atoms with Gasteiger partial charge >= 0.3 is 0 Å². The number of carbonyl (C=O) groups is 1. The Morgan fingerprint density at radius 2 is 2.19 bits per heavy atom. The van der Waals surface area contributed by atoms with E-state index in [4.69, 9.17) is 5.26 Å². The number of amides is 1. The molecule has 7 nitrogen and oxygen atoms in total. The summed E-state index contributed by atoms with van der Waals surface area (Å²) in [5.41, 5.74) is 1.70. The van der Waals surface area contributed by atoms with Crippen molar-refractivity contribution < 1.29 is 13.4 Å². The number of aryl methyl sites for hydroxylation is 1. The van der Waals surface area contributed by atoms with Crippen molar-refractivity contribution in [2.45, 2.75) is 36.7 Å². The number of halogens is 1. The summed E-state index contributed by atoms with van der Waals surface area (Å²) in [5, 5.41) is 11.7. The fraction of sp³-hybridized carbons (Fsp3) is 0.273. The Kier molecular flexibility index (Phi) is 5.29. The summed E-state index contributed by atoms with van der Waals surface area (Å²) < 4.78 is 36.8. The van der Waals surface area contributed by atoms with Crippen molar-refractivity contribution >= 4 is 27.6 Å². The van der Waals surface area contributed by atoms with Crippen LogP contribution in [0.2, 0.25) is 0 Å². The largest absolute Gasteiger partial charge is 0.345 e. The zero-order valence-electron chi connectivity index (χ0n) is 17.2. The monoisotopic (exact) mass is 439 g/mol. The Balaban J connectivity index is 1.78. The van der Waals surface area contributed by atoms with Crippen LogP contribution in [0, 0.1) is 17.1 Å². The molecule has 9 heteroatoms. The predicted molar refractivity (Wildman–Crippen MR) is 117 cm³/mol. The van der Waals surface area contributed by atoms with Gasteiger partial charge in [-0.25, -0.2) is 17.7 Å². The third kappa shape index (κ3) is 4.04. The van der Waals surface area contributed by atoms with Crippen LogP contribution in [0.3, 0.4) is 0 Å². The van der Waals surface area contributed by atoms with Gasteiger partial charge in [0.2, 0.25) is 0 Å². The molecule has 1 aromatic heterocycles. The summed E-state index contributed by atoms with van der Waals surface area (Å²) in [6.07, 6.45) is 7.02. The van der Waals surface area contributed by atoms with Gasteiger partial charge in [-0.1, -0.05) is 24.3 Å². The molecular formula is C22H22FN5O2S. The molecular weight excluding hydrogens is 417 g/mol. The van der Waals surface area contributed by atoms with Crippen LogP contribution in [-0.4, -0.2) is 26.8 Å². The van der Waals surface area contributed by atoms with Gasteiger partial charge in [0.25, 0.3) is 5.91 Å². The van der Waals surface area contributed by atoms with Gasteiger partial charge in [0.15, 0.2) is 0 Å². The van der Waals surface area contributed by atoms with Crippen molar-refractivity contribution in [2.24, 2.45) is 11.4 Å². The van der Waals surface area contributed by atoms with E-state index in [1.807, 2.05) is 13.0 Å². The minimum atomic E-state index is -2.98. The molecule has 0 spiro atoms. The normalized spacial score (nSPS) is 22.2. The minimum Gasteiger partial charge on any atom is -0.345 e. The van der Waals surface area contributed by atoms with Gasteiger partial charge in [-0.3, -0.25) is 4.79 Å². The molecule has 2 heterocycles. The van der Waals surface area contributed by atoms with Crippen LogP contribution >= 0.6 is 0 Å². The maximum absolute atomic E-state index is 13.9. The molecule has 2 atom stereocenters. The summed E-state index contributed by atoms with van der Waals surface area (Å²) in [4.78, 5) is 13.6. The highest BCUT2D eigenvalue weighted by molar-refractivity contribution is 7.92. The van der Waals surface area contributed by atoms with Crippen molar-refractivity contribution in [3.8, 4) is 6.07 Å². The number of fused-ring (bicyclic) bond motifs is 1. The Labute approximate surface area is 180 Å². The number of hydrogen-bond acceptors (Lipinski definition) is 4. The first-order valence-corrected chi connectivity index (χ1v) is 11.3. The lowest BCUT2D eigenvalue weighted by molar-refractivity contribution is 0.101. The zero-order chi connectivity index (χ0) is 22.3. The average molecular weight is 440 g/mol. The van der Waals surface area contributed by atoms with E-state index in [0.29, 0.717) is 10.5 Å². The molecule has 1 aliphatic heterocycles. The summed E-state index contributed by atoms with van der Waals surface area (Å²) in [7, 11) is -1.29. The van der Waals surface area contributed by atoms with Crippen LogP contribution in [0.5, 0.6) is 0 Å². The van der Waals surface area contributed by atoms with Gasteiger partial charge < -0.3 is 9.88 Å². The predicted octanol–water partition coefficient (Wildman–Crippen LogP) is 3.75. The standard InChI is InChI=1S/C22H22FN5O2S/c1-13(2)19-9-7-17-20(31(30,27-19)26-15-4-5-15)12-28(3)21(17)22(29)25-16-6-8-18(23)14(10-16)11-24/h6-10,12,15,19H,1,4-5H2,2-3H3,(H,25,29)(H,26,27,30)/t19-,31?/m1/s1. The van der Waals surface area contributed by atoms with Crippen molar-refractivity contribution in [1.29, 1.82) is 5.26 Å². The van der Waals surface area contributed by atoms with Crippen LogP contribution in [0.15, 0.2) is 51.9 Å². The highest BCUT2D eigenvalue weighted by atomic mass is 32.2. The Bertz CT molecular complexity index is 1290. The summed E-state index contributed by atoms with van der Waals surface area (Å²) in [6.45, 7) is 5.80. The molecule has 2 N–H and O–H groups in total. The van der Waals surface area contributed by atoms with E-state index in [1.54, 1.807) is 30.0 Å². The molecule has 1 fully saturated rings. The van der Waals surface area contributed by atoms with Crippen LogP contribution in [0.25, 0.3) is 6.08 Å². The molecule has 1 unspecified atom stereocenters. The SMILES string of the molecule is C=C(C)[C@H]1C=Cc2c(cn(C)c2C(=O)Nc2ccc(F)c(C#N)c2)S(=O)(=NC2CC2)N1. The summed E-state index contributed by atoms with van der Waals surface area (Å²) in [6, 6.07) is 5.23. The highest BCUT2D eigenvalue weighted by Gasteiger charge is 2.32. The first-order valence-electron chi connectivity index (χ1n) is 9.79. The molecule has 0 saturated heterocycles. The third-order valence-electron chi connectivity index (χ3n) is 5.16. The lowest BCUT2D eigenvalue weighted by Crippen LogP contribution is -2.33. The number of nitrogens with zero attached hydrogens (tertiary/aromatic N) is 3. The topological polar surface area (TPSA) is 99.3 Å². The maximum Gasteiger partial charge on any atom is 0.272 e. The second-order valence-electron chi connectivity index (χ2n) is 7.79. The molecule has 0 bridgehead atoms. The van der Waals surface area contributed by atoms with Crippen molar-refractivity contribution in [3.63, 3.8) is 0 Å². The van der Waals surface area contributed by atoms with E-state index in [9.17, 15) is 13.4 Å². The van der Waals surface area contributed by atoms with E-state index in [0.717, 1.165) is 24.5 Å². The van der Waals surface area contributed by atoms with E-state index >= 15 is 0 Å². The van der Waals surface area contributed by atoms with Crippen LogP contribution < -0.4 is 10.0 Å². The van der Waals surface area contributed by atoms with Gasteiger partial charge in [0, 0.05) is 24.5 Å². The van der Waals surface area contributed by atoms with Gasteiger partial charge in [0.05, 0.1) is 22.5 Å². The van der Waals surface area contributed by atoms with Gasteiger partial charge in [-0.15, -0.1) is 0 Å². The zero-order valence-corrected chi connectivity index (χ0v) is 18.0. The molecule has 2 aromatic rings. The fourth-order valence-corrected chi connectivity index (χ4v) is 5.69. The minimum absolute atomic E-state index is 0.0397. The third-order valence-corrected chi connectivity index (χ3v) is 7.25. The van der Waals surface area contributed by atoms with Crippen molar-refractivity contribution in [3.05, 3.63) is 65.3 Å². The molecule has 1 aromatic carbocycles. The lowest BCUT2D eigenvalue weighted by Gasteiger charge is -2.16. The summed E-state index contributed by atoms with van der Waals surface area (Å²) in [5.74, 6) is -1.12. The number of hydrogen-bond donors (Lipinski definition) is 2. The van der Waals surface area contributed by atoms with Crippen LogP contribution in [0.4, 0.5) is 10.1 Å². The first kappa shape index (κ1) is 21.0. The van der Waals surface area contributed by atoms with Crippen molar-refractivity contribution in [1.82, 2.24) is 9.29 Å². The van der Waals surface area contributed by atoms with Gasteiger partial charge in [-0.2, -0.15) is 5.26 Å². The van der Waals surface area contributed by atoms with Crippen LogP contribution in [0.1, 0.15) is 41.4 Å². The first-order chi connectivity index (χ1) is 14.7. The fourth-order valence-electron chi connectivity index (χ4n) is 3.37. The molecule has 2 aliphatic rings. The number of benzene rings is 1. The summed E-state index contributed by atoms with van der Waals surface area (Å²) >= 11 is 0. The second kappa shape index (κ2) is 7.80. The number of nitriles is 1. The number of carbonyl (C=O) groups excluding carboxylic acids is 1. The Hall–Kier alpha value is -3.22. The Morgan fingerprint density at radius 1 is 1.45 bits per heavy atom. The number of aromatic nitrogens is 1. The van der Waals surface area contributed by atoms with E-state index in [1.165, 1.54) is 12.1 Å². The molecule has 1 aliphatic carbocycles. The average Bonchev–Trinajstić information content (AvgIpc) is 3.47. The maximum atomic E-state index is 13.9. The second-order valence-corrected chi connectivity index (χ2v) is 9.73. The molecule has 1 amide bonds. The molecule has 31 heavy (non-hydrogen) atoms. The smallest absolute Gasteiger partial charge is 0.272 e. The van der Waals surface area contributed by atoms with Gasteiger partial charge in [-0.05, 0) is 38.0 Å². The van der Waals surface area contributed by atoms with Crippen molar-refractivity contribution in [2.75, 3.05) is 5.32 Å². The van der Waals surface area contributed by atoms with Crippen LogP contribution in [-0.2, 0) is 17.0 Å². The molecule has 4 rings (SSSR count). The quantitative estimate of drug-likeness (QED) is 0.710. The number of nitrogens with one attached hydrogen (secondary N) is 2. The van der Waals surface area contributed by atoms with Gasteiger partial charge in [0.1, 0.15) is 27.5 Å². The molecule has 160 valence electrons. The lowest BCUT2D eigenvalue weighted by atomic mass is 10.1. The van der Waals surface area contributed by atoms with E-state index in [-0.39, 0.29) is 29.0 Å². The molecule has 0 radical (unpaired) electrons. The van der Waals surface area contributed by atoms with E-state index < -0.39 is 21.6 Å². The number of rotatable bonds is 4. The molecule has 1 saturated carbocycles.